The summed E-state index contributed by atoms with van der Waals surface area (Å²) in [5.74, 6) is -1.27. The molecule has 0 N–H and O–H groups in total. The van der Waals surface area contributed by atoms with Crippen molar-refractivity contribution in [3.63, 3.8) is 0 Å². The van der Waals surface area contributed by atoms with E-state index in [2.05, 4.69) is 10.1 Å². The Hall–Kier alpha value is -3.27. The first-order valence-electron chi connectivity index (χ1n) is 8.63. The molecule has 3 aromatic heterocycles. The highest BCUT2D eigenvalue weighted by Crippen LogP contribution is 2.18. The SMILES string of the molecule is CCc1nn2c(=O)cc(COC(=O)C(C)n3c(=O)oc4ccccc43)nc2s1. The van der Waals surface area contributed by atoms with Crippen molar-refractivity contribution < 1.29 is 13.9 Å². The van der Waals surface area contributed by atoms with E-state index in [-0.39, 0.29) is 12.2 Å². The third-order valence-electron chi connectivity index (χ3n) is 4.25. The molecule has 1 unspecified atom stereocenters. The summed E-state index contributed by atoms with van der Waals surface area (Å²) >= 11 is 1.31. The van der Waals surface area contributed by atoms with Crippen LogP contribution in [0, 0.1) is 0 Å². The lowest BCUT2D eigenvalue weighted by molar-refractivity contribution is -0.148. The van der Waals surface area contributed by atoms with Crippen molar-refractivity contribution in [1.29, 1.82) is 0 Å². The predicted molar refractivity (Wildman–Crippen MR) is 101 cm³/mol. The van der Waals surface area contributed by atoms with Crippen molar-refractivity contribution in [3.8, 4) is 0 Å². The third kappa shape index (κ3) is 3.11. The van der Waals surface area contributed by atoms with Gasteiger partial charge in [0.05, 0.1) is 11.2 Å². The third-order valence-corrected chi connectivity index (χ3v) is 5.30. The molecule has 0 aliphatic carbocycles. The van der Waals surface area contributed by atoms with E-state index in [1.807, 2.05) is 6.92 Å². The van der Waals surface area contributed by atoms with Crippen LogP contribution in [0.25, 0.3) is 16.1 Å². The van der Waals surface area contributed by atoms with Crippen LogP contribution in [-0.4, -0.2) is 25.1 Å². The second-order valence-electron chi connectivity index (χ2n) is 6.12. The molecule has 0 aliphatic rings. The van der Waals surface area contributed by atoms with Gasteiger partial charge in [-0.2, -0.15) is 9.61 Å². The summed E-state index contributed by atoms with van der Waals surface area (Å²) in [6.07, 6.45) is 0.697. The molecule has 28 heavy (non-hydrogen) atoms. The lowest BCUT2D eigenvalue weighted by Crippen LogP contribution is -2.26. The number of carbonyl (C=O) groups excluding carboxylic acids is 1. The second-order valence-corrected chi connectivity index (χ2v) is 7.16. The first-order valence-corrected chi connectivity index (χ1v) is 9.45. The maximum absolute atomic E-state index is 12.5. The Morgan fingerprint density at radius 1 is 1.32 bits per heavy atom. The van der Waals surface area contributed by atoms with E-state index >= 15 is 0 Å². The smallest absolute Gasteiger partial charge is 0.420 e. The number of aryl methyl sites for hydroxylation is 1. The molecule has 1 atom stereocenters. The number of benzene rings is 1. The molecule has 4 aromatic rings. The molecule has 0 fully saturated rings. The Labute approximate surface area is 161 Å². The maximum atomic E-state index is 12.5. The van der Waals surface area contributed by atoms with Gasteiger partial charge in [-0.15, -0.1) is 0 Å². The van der Waals surface area contributed by atoms with Crippen LogP contribution in [0.15, 0.2) is 44.3 Å². The van der Waals surface area contributed by atoms with Gasteiger partial charge in [0, 0.05) is 6.07 Å². The lowest BCUT2D eigenvalue weighted by atomic mass is 10.3. The Balaban J connectivity index is 1.55. The first-order chi connectivity index (χ1) is 13.5. The molecule has 0 spiro atoms. The highest BCUT2D eigenvalue weighted by molar-refractivity contribution is 7.16. The quantitative estimate of drug-likeness (QED) is 0.471. The fraction of sp³-hybridized carbons (Fsp3) is 0.278. The molecule has 0 saturated heterocycles. The van der Waals surface area contributed by atoms with Crippen LogP contribution in [0.1, 0.15) is 30.6 Å². The number of hydrogen-bond donors (Lipinski definition) is 0. The van der Waals surface area contributed by atoms with Crippen LogP contribution in [0.2, 0.25) is 0 Å². The molecule has 0 saturated carbocycles. The molecule has 3 heterocycles. The van der Waals surface area contributed by atoms with Crippen LogP contribution in [-0.2, 0) is 22.6 Å². The summed E-state index contributed by atoms with van der Waals surface area (Å²) in [4.78, 5) is 41.5. The number of fused-ring (bicyclic) bond motifs is 2. The highest BCUT2D eigenvalue weighted by atomic mass is 32.1. The molecular formula is C18H16N4O5S. The number of ether oxygens (including phenoxy) is 1. The van der Waals surface area contributed by atoms with Crippen molar-refractivity contribution in [1.82, 2.24) is 19.2 Å². The van der Waals surface area contributed by atoms with Gasteiger partial charge in [0.1, 0.15) is 17.7 Å². The first kappa shape index (κ1) is 18.1. The fourth-order valence-electron chi connectivity index (χ4n) is 2.83. The summed E-state index contributed by atoms with van der Waals surface area (Å²) in [6.45, 7) is 3.31. The summed E-state index contributed by atoms with van der Waals surface area (Å²) in [7, 11) is 0. The van der Waals surface area contributed by atoms with Crippen molar-refractivity contribution in [2.45, 2.75) is 32.9 Å². The van der Waals surface area contributed by atoms with Crippen LogP contribution in [0.3, 0.4) is 0 Å². The zero-order valence-electron chi connectivity index (χ0n) is 15.1. The molecule has 144 valence electrons. The van der Waals surface area contributed by atoms with Crippen LogP contribution in [0.5, 0.6) is 0 Å². The summed E-state index contributed by atoms with van der Waals surface area (Å²) in [6, 6.07) is 7.22. The van der Waals surface area contributed by atoms with Gasteiger partial charge < -0.3 is 9.15 Å². The van der Waals surface area contributed by atoms with Gasteiger partial charge >= 0.3 is 11.7 Å². The van der Waals surface area contributed by atoms with Gasteiger partial charge in [-0.1, -0.05) is 30.4 Å². The minimum atomic E-state index is -0.893. The van der Waals surface area contributed by atoms with Gasteiger partial charge in [0.25, 0.3) is 5.56 Å². The minimum Gasteiger partial charge on any atom is -0.458 e. The topological polar surface area (TPSA) is 109 Å². The van der Waals surface area contributed by atoms with Crippen LogP contribution < -0.4 is 11.3 Å². The van der Waals surface area contributed by atoms with Crippen molar-refractivity contribution in [2.75, 3.05) is 0 Å². The normalized spacial score (nSPS) is 12.5. The second kappa shape index (κ2) is 7.04. The molecule has 0 radical (unpaired) electrons. The van der Waals surface area contributed by atoms with Gasteiger partial charge in [-0.05, 0) is 25.5 Å². The summed E-state index contributed by atoms with van der Waals surface area (Å²) < 4.78 is 12.9. The van der Waals surface area contributed by atoms with Crippen molar-refractivity contribution >= 4 is 33.4 Å². The molecule has 1 aromatic carbocycles. The number of oxazole rings is 1. The van der Waals surface area contributed by atoms with E-state index in [0.29, 0.717) is 28.2 Å². The Bertz CT molecular complexity index is 1300. The van der Waals surface area contributed by atoms with E-state index in [1.165, 1.54) is 26.5 Å². The van der Waals surface area contributed by atoms with E-state index in [9.17, 15) is 14.4 Å². The molecule has 0 aliphatic heterocycles. The number of aromatic nitrogens is 4. The number of nitrogens with zero attached hydrogens (tertiary/aromatic N) is 4. The monoisotopic (exact) mass is 400 g/mol. The summed E-state index contributed by atoms with van der Waals surface area (Å²) in [5, 5.41) is 4.96. The van der Waals surface area contributed by atoms with Gasteiger partial charge in [0.2, 0.25) is 4.96 Å². The number of rotatable bonds is 5. The Morgan fingerprint density at radius 3 is 2.89 bits per heavy atom. The van der Waals surface area contributed by atoms with Crippen molar-refractivity contribution in [3.05, 3.63) is 61.9 Å². The number of hydrogen-bond acceptors (Lipinski definition) is 8. The van der Waals surface area contributed by atoms with E-state index in [0.717, 1.165) is 5.01 Å². The van der Waals surface area contributed by atoms with Crippen LogP contribution >= 0.6 is 11.3 Å². The lowest BCUT2D eigenvalue weighted by Gasteiger charge is -2.12. The zero-order valence-corrected chi connectivity index (χ0v) is 15.9. The maximum Gasteiger partial charge on any atom is 0.420 e. The standard InChI is InChI=1S/C18H16N4O5S/c1-3-14-20-22-15(23)8-11(19-17(22)28-14)9-26-16(24)10(2)21-12-6-4-5-7-13(12)27-18(21)25/h4-8,10H,3,9H2,1-2H3. The number of esters is 1. The van der Waals surface area contributed by atoms with Crippen LogP contribution in [0.4, 0.5) is 0 Å². The fourth-order valence-corrected chi connectivity index (χ4v) is 3.69. The Kier molecular flexibility index (Phi) is 4.55. The zero-order chi connectivity index (χ0) is 19.8. The predicted octanol–water partition coefficient (Wildman–Crippen LogP) is 1.93. The van der Waals surface area contributed by atoms with Crippen molar-refractivity contribution in [2.24, 2.45) is 0 Å². The average molecular weight is 400 g/mol. The van der Waals surface area contributed by atoms with Gasteiger partial charge in [-0.25, -0.2) is 14.6 Å². The van der Waals surface area contributed by atoms with Gasteiger partial charge in [0.15, 0.2) is 5.58 Å². The van der Waals surface area contributed by atoms with E-state index in [1.54, 1.807) is 31.2 Å². The minimum absolute atomic E-state index is 0.182. The molecular weight excluding hydrogens is 384 g/mol. The van der Waals surface area contributed by atoms with E-state index in [4.69, 9.17) is 9.15 Å². The summed E-state index contributed by atoms with van der Waals surface area (Å²) in [5.41, 5.74) is 0.883. The Morgan fingerprint density at radius 2 is 2.11 bits per heavy atom. The highest BCUT2D eigenvalue weighted by Gasteiger charge is 2.23. The molecule has 0 bridgehead atoms. The average Bonchev–Trinajstić information content (AvgIpc) is 3.25. The molecule has 10 heteroatoms. The largest absolute Gasteiger partial charge is 0.458 e. The van der Waals surface area contributed by atoms with Gasteiger partial charge in [-0.3, -0.25) is 9.36 Å². The molecule has 4 rings (SSSR count). The molecule has 0 amide bonds. The van der Waals surface area contributed by atoms with E-state index < -0.39 is 17.8 Å². The number of carbonyl (C=O) groups is 1. The number of para-hydroxylation sites is 2. The molecule has 9 nitrogen and oxygen atoms in total.